The van der Waals surface area contributed by atoms with Gasteiger partial charge >= 0.3 is 0 Å². The van der Waals surface area contributed by atoms with E-state index in [4.69, 9.17) is 5.73 Å². The number of nitrogen functional groups attached to an aromatic ring is 1. The van der Waals surface area contributed by atoms with E-state index in [9.17, 15) is 4.39 Å². The number of aromatic nitrogens is 2. The molecule has 0 saturated heterocycles. The number of benzene rings is 1. The van der Waals surface area contributed by atoms with Crippen molar-refractivity contribution < 1.29 is 4.39 Å². The highest BCUT2D eigenvalue weighted by Crippen LogP contribution is 2.43. The van der Waals surface area contributed by atoms with Gasteiger partial charge in [-0.05, 0) is 36.8 Å². The first kappa shape index (κ1) is 12.5. The predicted molar refractivity (Wildman–Crippen MR) is 75.3 cm³/mol. The van der Waals surface area contributed by atoms with Crippen LogP contribution in [0.25, 0.3) is 11.0 Å². The molecule has 0 radical (unpaired) electrons. The summed E-state index contributed by atoms with van der Waals surface area (Å²) < 4.78 is 15.3. The van der Waals surface area contributed by atoms with Gasteiger partial charge in [0, 0.05) is 12.6 Å². The Labute approximate surface area is 112 Å². The Bertz CT molecular complexity index is 597. The van der Waals surface area contributed by atoms with Gasteiger partial charge in [0.25, 0.3) is 0 Å². The Kier molecular flexibility index (Phi) is 2.96. The molecular formula is C15H20FN3. The third kappa shape index (κ3) is 2.09. The molecule has 19 heavy (non-hydrogen) atoms. The second-order valence-electron chi connectivity index (χ2n) is 5.75. The minimum Gasteiger partial charge on any atom is -0.369 e. The van der Waals surface area contributed by atoms with Crippen LogP contribution in [0.2, 0.25) is 0 Å². The fraction of sp³-hybridized carbons (Fsp3) is 0.533. The van der Waals surface area contributed by atoms with Gasteiger partial charge in [0.2, 0.25) is 5.95 Å². The first-order valence-electron chi connectivity index (χ1n) is 7.05. The molecule has 1 aliphatic carbocycles. The van der Waals surface area contributed by atoms with Gasteiger partial charge in [-0.2, -0.15) is 0 Å². The van der Waals surface area contributed by atoms with Crippen LogP contribution in [-0.2, 0) is 6.54 Å². The van der Waals surface area contributed by atoms with Gasteiger partial charge in [0.1, 0.15) is 5.82 Å². The molecule has 1 aromatic carbocycles. The number of nitrogens with two attached hydrogens (primary N) is 1. The lowest BCUT2D eigenvalue weighted by atomic mass is 9.83. The van der Waals surface area contributed by atoms with Crippen LogP contribution in [0.4, 0.5) is 10.3 Å². The molecule has 0 spiro atoms. The number of imidazole rings is 1. The van der Waals surface area contributed by atoms with Gasteiger partial charge in [-0.3, -0.25) is 0 Å². The quantitative estimate of drug-likeness (QED) is 0.915. The van der Waals surface area contributed by atoms with E-state index in [0.29, 0.717) is 16.9 Å². The van der Waals surface area contributed by atoms with Crippen LogP contribution < -0.4 is 5.73 Å². The Hall–Kier alpha value is -1.58. The number of anilines is 1. The zero-order chi connectivity index (χ0) is 13.5. The van der Waals surface area contributed by atoms with Crippen LogP contribution in [0.5, 0.6) is 0 Å². The van der Waals surface area contributed by atoms with Crippen molar-refractivity contribution >= 4 is 17.0 Å². The molecule has 3 nitrogen and oxygen atoms in total. The lowest BCUT2D eigenvalue weighted by Crippen LogP contribution is -2.23. The molecule has 0 unspecified atom stereocenters. The van der Waals surface area contributed by atoms with Crippen LogP contribution in [0, 0.1) is 11.2 Å². The highest BCUT2D eigenvalue weighted by molar-refractivity contribution is 5.78. The normalized spacial score (nSPS) is 18.2. The largest absolute Gasteiger partial charge is 0.369 e. The maximum atomic E-state index is 13.2. The topological polar surface area (TPSA) is 43.8 Å². The van der Waals surface area contributed by atoms with Crippen LogP contribution >= 0.6 is 0 Å². The van der Waals surface area contributed by atoms with E-state index in [1.165, 1.54) is 37.8 Å². The second-order valence-corrected chi connectivity index (χ2v) is 5.75. The van der Waals surface area contributed by atoms with Crippen molar-refractivity contribution in [2.24, 2.45) is 5.41 Å². The maximum Gasteiger partial charge on any atom is 0.201 e. The summed E-state index contributed by atoms with van der Waals surface area (Å²) >= 11 is 0. The molecule has 1 saturated carbocycles. The average molecular weight is 261 g/mol. The first-order chi connectivity index (χ1) is 9.13. The Morgan fingerprint density at radius 2 is 2.11 bits per heavy atom. The van der Waals surface area contributed by atoms with Crippen molar-refractivity contribution in [3.05, 3.63) is 24.0 Å². The van der Waals surface area contributed by atoms with Crippen molar-refractivity contribution in [2.45, 2.75) is 45.6 Å². The molecule has 1 aromatic heterocycles. The lowest BCUT2D eigenvalue weighted by Gasteiger charge is -2.28. The highest BCUT2D eigenvalue weighted by atomic mass is 19.1. The molecule has 2 aromatic rings. The number of hydrogen-bond acceptors (Lipinski definition) is 2. The monoisotopic (exact) mass is 261 g/mol. The summed E-state index contributed by atoms with van der Waals surface area (Å²) in [6.45, 7) is 3.15. The first-order valence-corrected chi connectivity index (χ1v) is 7.05. The molecule has 1 fully saturated rings. The fourth-order valence-corrected chi connectivity index (χ4v) is 3.37. The molecule has 2 N–H and O–H groups in total. The van der Waals surface area contributed by atoms with Crippen molar-refractivity contribution in [3.8, 4) is 0 Å². The third-order valence-electron chi connectivity index (χ3n) is 4.65. The summed E-state index contributed by atoms with van der Waals surface area (Å²) in [6.07, 6.45) is 6.27. The van der Waals surface area contributed by atoms with Crippen molar-refractivity contribution in [1.29, 1.82) is 0 Å². The van der Waals surface area contributed by atoms with Gasteiger partial charge in [0.15, 0.2) is 0 Å². The molecule has 0 aliphatic heterocycles. The molecule has 1 heterocycles. The van der Waals surface area contributed by atoms with E-state index in [-0.39, 0.29) is 5.82 Å². The summed E-state index contributed by atoms with van der Waals surface area (Å²) in [5.41, 5.74) is 7.97. The maximum absolute atomic E-state index is 13.2. The molecule has 4 heteroatoms. The molecule has 0 atom stereocenters. The number of fused-ring (bicyclic) bond motifs is 1. The number of halogens is 1. The standard InChI is InChI=1S/C15H20FN3/c1-2-15(7-3-4-8-15)10-19-13-6-5-11(16)9-12(13)18-14(19)17/h5-6,9H,2-4,7-8,10H2,1H3,(H2,17,18). The zero-order valence-corrected chi connectivity index (χ0v) is 11.3. The van der Waals surface area contributed by atoms with Crippen molar-refractivity contribution in [3.63, 3.8) is 0 Å². The summed E-state index contributed by atoms with van der Waals surface area (Å²) in [7, 11) is 0. The van der Waals surface area contributed by atoms with E-state index in [0.717, 1.165) is 18.5 Å². The highest BCUT2D eigenvalue weighted by Gasteiger charge is 2.33. The lowest BCUT2D eigenvalue weighted by molar-refractivity contribution is 0.242. The summed E-state index contributed by atoms with van der Waals surface area (Å²) in [5.74, 6) is 0.239. The van der Waals surface area contributed by atoms with Gasteiger partial charge in [-0.1, -0.05) is 19.8 Å². The third-order valence-corrected chi connectivity index (χ3v) is 4.65. The van der Waals surface area contributed by atoms with E-state index >= 15 is 0 Å². The summed E-state index contributed by atoms with van der Waals surface area (Å²) in [5, 5.41) is 0. The number of rotatable bonds is 3. The van der Waals surface area contributed by atoms with E-state index in [2.05, 4.69) is 16.5 Å². The van der Waals surface area contributed by atoms with E-state index < -0.39 is 0 Å². The SMILES string of the molecule is CCC1(Cn2c(N)nc3cc(F)ccc32)CCCC1. The molecular weight excluding hydrogens is 241 g/mol. The molecule has 3 rings (SSSR count). The van der Waals surface area contributed by atoms with E-state index in [1.807, 2.05) is 0 Å². The van der Waals surface area contributed by atoms with Crippen LogP contribution in [-0.4, -0.2) is 9.55 Å². The average Bonchev–Trinajstić information content (AvgIpc) is 2.96. The predicted octanol–water partition coefficient (Wildman–Crippen LogP) is 3.73. The van der Waals surface area contributed by atoms with Gasteiger partial charge in [-0.25, -0.2) is 9.37 Å². The van der Waals surface area contributed by atoms with Crippen LogP contribution in [0.3, 0.4) is 0 Å². The Morgan fingerprint density at radius 3 is 2.79 bits per heavy atom. The van der Waals surface area contributed by atoms with Crippen molar-refractivity contribution in [2.75, 3.05) is 5.73 Å². The van der Waals surface area contributed by atoms with Gasteiger partial charge < -0.3 is 10.3 Å². The van der Waals surface area contributed by atoms with Gasteiger partial charge in [-0.15, -0.1) is 0 Å². The smallest absolute Gasteiger partial charge is 0.201 e. The molecule has 102 valence electrons. The Morgan fingerprint density at radius 1 is 1.37 bits per heavy atom. The van der Waals surface area contributed by atoms with Crippen LogP contribution in [0.1, 0.15) is 39.0 Å². The molecule has 0 bridgehead atoms. The van der Waals surface area contributed by atoms with Crippen LogP contribution in [0.15, 0.2) is 18.2 Å². The minimum absolute atomic E-state index is 0.261. The van der Waals surface area contributed by atoms with Crippen molar-refractivity contribution in [1.82, 2.24) is 9.55 Å². The summed E-state index contributed by atoms with van der Waals surface area (Å²) in [6, 6.07) is 4.72. The second kappa shape index (κ2) is 4.51. The van der Waals surface area contributed by atoms with Gasteiger partial charge in [0.05, 0.1) is 11.0 Å². The Balaban J connectivity index is 2.02. The molecule has 0 amide bonds. The molecule has 1 aliphatic rings. The number of nitrogens with zero attached hydrogens (tertiary/aromatic N) is 2. The summed E-state index contributed by atoms with van der Waals surface area (Å²) in [4.78, 5) is 4.28. The zero-order valence-electron chi connectivity index (χ0n) is 11.3. The van der Waals surface area contributed by atoms with E-state index in [1.54, 1.807) is 6.07 Å². The minimum atomic E-state index is -0.261. The number of hydrogen-bond donors (Lipinski definition) is 1. The fourth-order valence-electron chi connectivity index (χ4n) is 3.37.